The van der Waals surface area contributed by atoms with Gasteiger partial charge in [-0.05, 0) is 36.1 Å². The maximum atomic E-state index is 3.65. The van der Waals surface area contributed by atoms with E-state index in [0.29, 0.717) is 0 Å². The molecule has 0 bridgehead atoms. The van der Waals surface area contributed by atoms with Gasteiger partial charge in [0.1, 0.15) is 13.1 Å². The van der Waals surface area contributed by atoms with Crippen LogP contribution >= 0.6 is 0 Å². The van der Waals surface area contributed by atoms with Crippen LogP contribution in [0, 0.1) is 0 Å². The highest BCUT2D eigenvalue weighted by atomic mass is 15.0. The van der Waals surface area contributed by atoms with Crippen LogP contribution < -0.4 is 19.8 Å². The van der Waals surface area contributed by atoms with Crippen LogP contribution in [0.1, 0.15) is 62.5 Å². The van der Waals surface area contributed by atoms with E-state index in [9.17, 15) is 0 Å². The molecule has 6 aromatic rings. The molecule has 0 unspecified atom stereocenters. The third-order valence-electron chi connectivity index (χ3n) is 9.05. The van der Waals surface area contributed by atoms with Crippen molar-refractivity contribution < 1.29 is 9.13 Å². The fraction of sp³-hybridized carbons (Fsp3) is 0.286. The van der Waals surface area contributed by atoms with Crippen LogP contribution in [0.2, 0.25) is 0 Å². The molecule has 2 aromatic heterocycles. The first kappa shape index (κ1) is 31.3. The molecule has 2 N–H and O–H groups in total. The van der Waals surface area contributed by atoms with E-state index in [1.165, 1.54) is 95.7 Å². The summed E-state index contributed by atoms with van der Waals surface area (Å²) in [6, 6.07) is 43.3. The lowest BCUT2D eigenvalue weighted by atomic mass is 10.1. The fourth-order valence-electron chi connectivity index (χ4n) is 6.48. The molecule has 4 aromatic carbocycles. The van der Waals surface area contributed by atoms with Crippen molar-refractivity contribution in [3.63, 3.8) is 0 Å². The first-order chi connectivity index (χ1) is 22.8. The molecule has 0 radical (unpaired) electrons. The number of pyridine rings is 2. The summed E-state index contributed by atoms with van der Waals surface area (Å²) in [4.78, 5) is 0. The van der Waals surface area contributed by atoms with Gasteiger partial charge in [0.15, 0.2) is 12.4 Å². The molecular weight excluding hydrogens is 560 g/mol. The average Bonchev–Trinajstić information content (AvgIpc) is 3.12. The number of nitrogens with one attached hydrogen (secondary N) is 2. The quantitative estimate of drug-likeness (QED) is 0.0798. The standard InChI is InChI=1S/C42H46N4/c1(3-5-17-29-45-31-27-39(37-23-13-15-25-41(37)45)43-33-35-19-9-7-10-20-35)2-4-6-18-30-46-32-28-40(38-24-14-16-26-42(38)46)44-34-36-21-11-8-12-22-36/h7-16,19-28,31-32H,1-6,17-18,29-30,33-34H2/p+2. The zero-order valence-corrected chi connectivity index (χ0v) is 27.1. The minimum atomic E-state index is 0.838. The molecule has 0 aliphatic heterocycles. The number of hydrogen-bond acceptors (Lipinski definition) is 2. The Labute approximate surface area is 274 Å². The molecule has 2 heterocycles. The Morgan fingerprint density at radius 1 is 0.370 bits per heavy atom. The van der Waals surface area contributed by atoms with Crippen molar-refractivity contribution in [3.8, 4) is 0 Å². The first-order valence-corrected chi connectivity index (χ1v) is 17.2. The van der Waals surface area contributed by atoms with Crippen molar-refractivity contribution >= 4 is 33.2 Å². The van der Waals surface area contributed by atoms with E-state index in [-0.39, 0.29) is 0 Å². The molecule has 0 saturated heterocycles. The smallest absolute Gasteiger partial charge is 0.214 e. The number of aryl methyl sites for hydroxylation is 2. The summed E-state index contributed by atoms with van der Waals surface area (Å²) >= 11 is 0. The summed E-state index contributed by atoms with van der Waals surface area (Å²) in [5, 5.41) is 9.88. The molecule has 0 spiro atoms. The topological polar surface area (TPSA) is 31.8 Å². The summed E-state index contributed by atoms with van der Waals surface area (Å²) in [5.41, 5.74) is 7.63. The summed E-state index contributed by atoms with van der Waals surface area (Å²) in [6.45, 7) is 3.83. The highest BCUT2D eigenvalue weighted by Crippen LogP contribution is 2.23. The van der Waals surface area contributed by atoms with Gasteiger partial charge in [-0.3, -0.25) is 0 Å². The highest BCUT2D eigenvalue weighted by Gasteiger charge is 2.13. The molecule has 0 aliphatic carbocycles. The molecule has 0 saturated carbocycles. The van der Waals surface area contributed by atoms with E-state index in [4.69, 9.17) is 0 Å². The summed E-state index contributed by atoms with van der Waals surface area (Å²) in [5.74, 6) is 0. The van der Waals surface area contributed by atoms with Crippen LogP contribution in [0.5, 0.6) is 0 Å². The third kappa shape index (κ3) is 8.51. The second-order valence-electron chi connectivity index (χ2n) is 12.4. The van der Waals surface area contributed by atoms with E-state index in [0.717, 1.165) is 26.2 Å². The molecule has 6 rings (SSSR count). The van der Waals surface area contributed by atoms with Crippen molar-refractivity contribution in [2.24, 2.45) is 0 Å². The lowest BCUT2D eigenvalue weighted by molar-refractivity contribution is -0.672. The Bertz CT molecular complexity index is 1670. The monoisotopic (exact) mass is 608 g/mol. The van der Waals surface area contributed by atoms with Crippen molar-refractivity contribution in [2.45, 2.75) is 77.5 Å². The van der Waals surface area contributed by atoms with Crippen LogP contribution in [0.4, 0.5) is 11.4 Å². The molecular formula is C42H48N4+2. The van der Waals surface area contributed by atoms with E-state index >= 15 is 0 Å². The fourth-order valence-corrected chi connectivity index (χ4v) is 6.48. The molecule has 4 heteroatoms. The van der Waals surface area contributed by atoms with Crippen molar-refractivity contribution in [1.29, 1.82) is 0 Å². The number of anilines is 2. The number of nitrogens with zero attached hydrogens (tertiary/aromatic N) is 2. The van der Waals surface area contributed by atoms with E-state index < -0.39 is 0 Å². The van der Waals surface area contributed by atoms with Gasteiger partial charge in [-0.25, -0.2) is 0 Å². The first-order valence-electron chi connectivity index (χ1n) is 17.2. The minimum Gasteiger partial charge on any atom is -0.380 e. The number of unbranched alkanes of at least 4 members (excludes halogenated alkanes) is 7. The predicted molar refractivity (Wildman–Crippen MR) is 193 cm³/mol. The Morgan fingerprint density at radius 2 is 0.739 bits per heavy atom. The van der Waals surface area contributed by atoms with Crippen molar-refractivity contribution in [3.05, 3.63) is 145 Å². The van der Waals surface area contributed by atoms with Crippen molar-refractivity contribution in [2.75, 3.05) is 10.6 Å². The minimum absolute atomic E-state index is 0.838. The average molecular weight is 609 g/mol. The van der Waals surface area contributed by atoms with E-state index in [1.54, 1.807) is 0 Å². The molecule has 0 atom stereocenters. The third-order valence-corrected chi connectivity index (χ3v) is 9.05. The number of hydrogen-bond donors (Lipinski definition) is 2. The summed E-state index contributed by atoms with van der Waals surface area (Å²) in [6.07, 6.45) is 14.9. The Balaban J connectivity index is 0.891. The normalized spacial score (nSPS) is 11.2. The van der Waals surface area contributed by atoms with Gasteiger partial charge < -0.3 is 10.6 Å². The molecule has 46 heavy (non-hydrogen) atoms. The number of para-hydroxylation sites is 2. The van der Waals surface area contributed by atoms with Crippen LogP contribution in [-0.2, 0) is 26.2 Å². The van der Waals surface area contributed by atoms with Gasteiger partial charge in [0, 0.05) is 50.2 Å². The predicted octanol–water partition coefficient (Wildman–Crippen LogP) is 9.61. The maximum absolute atomic E-state index is 3.65. The van der Waals surface area contributed by atoms with Gasteiger partial charge >= 0.3 is 0 Å². The van der Waals surface area contributed by atoms with Gasteiger partial charge in [0.05, 0.1) is 22.1 Å². The van der Waals surface area contributed by atoms with Gasteiger partial charge in [0.2, 0.25) is 11.0 Å². The second kappa shape index (κ2) is 16.6. The zero-order chi connectivity index (χ0) is 31.2. The number of aromatic nitrogens is 2. The lowest BCUT2D eigenvalue weighted by Gasteiger charge is -2.10. The Kier molecular flexibility index (Phi) is 11.3. The van der Waals surface area contributed by atoms with Gasteiger partial charge in [-0.15, -0.1) is 0 Å². The largest absolute Gasteiger partial charge is 0.380 e. The second-order valence-corrected chi connectivity index (χ2v) is 12.4. The van der Waals surface area contributed by atoms with Gasteiger partial charge in [-0.1, -0.05) is 111 Å². The summed E-state index contributed by atoms with van der Waals surface area (Å²) in [7, 11) is 0. The van der Waals surface area contributed by atoms with Gasteiger partial charge in [-0.2, -0.15) is 9.13 Å². The number of benzene rings is 4. The SMILES string of the molecule is c1ccc(CNc2cc[n+](CCCCCCCCCC[n+]3ccc(NCc4ccccc4)c4ccccc43)c3ccccc23)cc1. The Morgan fingerprint density at radius 3 is 1.17 bits per heavy atom. The van der Waals surface area contributed by atoms with Crippen LogP contribution in [0.15, 0.2) is 134 Å². The number of rotatable bonds is 17. The molecule has 4 nitrogen and oxygen atoms in total. The highest BCUT2D eigenvalue weighted by molar-refractivity contribution is 5.89. The molecule has 0 amide bonds. The maximum Gasteiger partial charge on any atom is 0.214 e. The Hall–Kier alpha value is -4.70. The summed E-state index contributed by atoms with van der Waals surface area (Å²) < 4.78 is 4.85. The van der Waals surface area contributed by atoms with Crippen molar-refractivity contribution in [1.82, 2.24) is 0 Å². The van der Waals surface area contributed by atoms with Gasteiger partial charge in [0.25, 0.3) is 0 Å². The molecule has 234 valence electrons. The number of fused-ring (bicyclic) bond motifs is 2. The lowest BCUT2D eigenvalue weighted by Crippen LogP contribution is -2.34. The molecule has 0 fully saturated rings. The van der Waals surface area contributed by atoms with Crippen LogP contribution in [0.3, 0.4) is 0 Å². The van der Waals surface area contributed by atoms with E-state index in [2.05, 4.69) is 153 Å². The van der Waals surface area contributed by atoms with Crippen LogP contribution in [0.25, 0.3) is 21.8 Å². The molecule has 0 aliphatic rings. The van der Waals surface area contributed by atoms with E-state index in [1.807, 2.05) is 0 Å². The zero-order valence-electron chi connectivity index (χ0n) is 27.1. The van der Waals surface area contributed by atoms with Crippen LogP contribution in [-0.4, -0.2) is 0 Å².